The molecule has 0 fully saturated rings. The van der Waals surface area contributed by atoms with Gasteiger partial charge < -0.3 is 4.55 Å². The maximum Gasteiger partial charge on any atom is 1.00 e. The number of hydrogen-bond donors (Lipinski definition) is 0. The van der Waals surface area contributed by atoms with Crippen LogP contribution in [0.4, 0.5) is 0 Å². The molecule has 0 aliphatic carbocycles. The van der Waals surface area contributed by atoms with Crippen LogP contribution < -0.4 is 29.6 Å². The molecule has 2 aromatic carbocycles. The minimum atomic E-state index is -2.15. The summed E-state index contributed by atoms with van der Waals surface area (Å²) in [5, 5.41) is 1.95. The van der Waals surface area contributed by atoms with Gasteiger partial charge in [0, 0.05) is 9.37 Å². The van der Waals surface area contributed by atoms with Crippen LogP contribution in [0.25, 0.3) is 10.8 Å². The van der Waals surface area contributed by atoms with E-state index in [1.54, 1.807) is 18.2 Å². The number of hydrogen-bond acceptors (Lipinski definition) is 2. The first-order chi connectivity index (χ1) is 6.66. The molecule has 0 bridgehead atoms. The predicted octanol–water partition coefficient (Wildman–Crippen LogP) is -0.156. The van der Waals surface area contributed by atoms with Crippen LogP contribution in [-0.4, -0.2) is 8.76 Å². The summed E-state index contributed by atoms with van der Waals surface area (Å²) < 4.78 is 22.4. The Morgan fingerprint density at radius 2 is 1.67 bits per heavy atom. The van der Waals surface area contributed by atoms with Gasteiger partial charge >= 0.3 is 29.6 Å². The van der Waals surface area contributed by atoms with E-state index in [9.17, 15) is 8.76 Å². The molecule has 0 spiro atoms. The molecule has 15 heavy (non-hydrogen) atoms. The molecule has 0 aliphatic rings. The topological polar surface area (TPSA) is 40.1 Å². The van der Waals surface area contributed by atoms with Crippen molar-refractivity contribution in [3.05, 3.63) is 40.9 Å². The summed E-state index contributed by atoms with van der Waals surface area (Å²) in [4.78, 5) is 0.319. The second kappa shape index (κ2) is 5.57. The number of rotatable bonds is 1. The van der Waals surface area contributed by atoms with Gasteiger partial charge in [0.05, 0.1) is 0 Å². The number of fused-ring (bicyclic) bond motifs is 1. The van der Waals surface area contributed by atoms with Gasteiger partial charge in [0.2, 0.25) is 0 Å². The molecule has 0 radical (unpaired) electrons. The van der Waals surface area contributed by atoms with Crippen molar-refractivity contribution in [2.75, 3.05) is 0 Å². The van der Waals surface area contributed by atoms with Crippen LogP contribution in [-0.2, 0) is 11.1 Å². The molecule has 0 amide bonds. The average Bonchev–Trinajstić information content (AvgIpc) is 2.16. The van der Waals surface area contributed by atoms with Gasteiger partial charge in [-0.1, -0.05) is 28.1 Å². The van der Waals surface area contributed by atoms with Crippen LogP contribution in [0.5, 0.6) is 0 Å². The van der Waals surface area contributed by atoms with Crippen LogP contribution in [0, 0.1) is 0 Å². The van der Waals surface area contributed by atoms with Gasteiger partial charge in [0.25, 0.3) is 0 Å². The average molecular weight is 293 g/mol. The van der Waals surface area contributed by atoms with Crippen molar-refractivity contribution in [2.24, 2.45) is 0 Å². The fourth-order valence-electron chi connectivity index (χ4n) is 1.30. The summed E-state index contributed by atoms with van der Waals surface area (Å²) >= 11 is 1.21. The predicted molar refractivity (Wildman–Crippen MR) is 58.8 cm³/mol. The van der Waals surface area contributed by atoms with Gasteiger partial charge in [-0.2, -0.15) is 0 Å². The van der Waals surface area contributed by atoms with E-state index in [2.05, 4.69) is 15.9 Å². The zero-order valence-electron chi connectivity index (χ0n) is 8.07. The summed E-state index contributed by atoms with van der Waals surface area (Å²) in [6.07, 6.45) is 0. The minimum absolute atomic E-state index is 0. The zero-order valence-corrected chi connectivity index (χ0v) is 12.5. The molecular weight excluding hydrogens is 287 g/mol. The normalized spacial score (nSPS) is 12.1. The van der Waals surface area contributed by atoms with Crippen molar-refractivity contribution in [3.63, 3.8) is 0 Å². The molecule has 2 aromatic rings. The van der Waals surface area contributed by atoms with Crippen molar-refractivity contribution < 1.29 is 38.3 Å². The Balaban J connectivity index is 0.00000112. The van der Waals surface area contributed by atoms with Gasteiger partial charge in [-0.25, -0.2) is 0 Å². The molecule has 0 N–H and O–H groups in total. The fourth-order valence-corrected chi connectivity index (χ4v) is 2.08. The van der Waals surface area contributed by atoms with Crippen molar-refractivity contribution in [2.45, 2.75) is 4.90 Å². The molecule has 0 aromatic heterocycles. The first-order valence-electron chi connectivity index (χ1n) is 3.95. The van der Waals surface area contributed by atoms with E-state index < -0.39 is 11.1 Å². The quantitative estimate of drug-likeness (QED) is 0.542. The Morgan fingerprint density at radius 1 is 1.07 bits per heavy atom. The SMILES string of the molecule is O=S([O-])c1ccc2cc(Br)ccc2c1.[Na+]. The van der Waals surface area contributed by atoms with E-state index in [0.717, 1.165) is 15.2 Å². The summed E-state index contributed by atoms with van der Waals surface area (Å²) in [6.45, 7) is 0. The largest absolute Gasteiger partial charge is 1.00 e. The maximum atomic E-state index is 10.7. The van der Waals surface area contributed by atoms with Gasteiger partial charge in [0.15, 0.2) is 0 Å². The molecule has 0 heterocycles. The molecule has 5 heteroatoms. The number of benzene rings is 2. The van der Waals surface area contributed by atoms with Crippen LogP contribution in [0.15, 0.2) is 45.8 Å². The number of halogens is 1. The molecule has 2 rings (SSSR count). The van der Waals surface area contributed by atoms with E-state index in [0.29, 0.717) is 4.90 Å². The second-order valence-electron chi connectivity index (χ2n) is 2.89. The summed E-state index contributed by atoms with van der Waals surface area (Å²) in [5.74, 6) is 0. The van der Waals surface area contributed by atoms with Crippen molar-refractivity contribution in [1.29, 1.82) is 0 Å². The third kappa shape index (κ3) is 3.12. The van der Waals surface area contributed by atoms with Crippen LogP contribution >= 0.6 is 15.9 Å². The van der Waals surface area contributed by atoms with Crippen LogP contribution in [0.3, 0.4) is 0 Å². The Bertz CT molecular complexity index is 516. The Labute approximate surface area is 121 Å². The molecule has 1 unspecified atom stereocenters. The molecular formula is C10H6BrNaO2S. The van der Waals surface area contributed by atoms with Crippen LogP contribution in [0.2, 0.25) is 0 Å². The standard InChI is InChI=1S/C10H7BrO2S.Na/c11-9-3-1-8-6-10(14(12)13)4-2-7(8)5-9;/h1-6H,(H,12,13);/q;+1/p-1. The third-order valence-corrected chi connectivity index (χ3v) is 3.10. The molecule has 0 saturated heterocycles. The van der Waals surface area contributed by atoms with Crippen LogP contribution in [0.1, 0.15) is 0 Å². The molecule has 0 aliphatic heterocycles. The summed E-state index contributed by atoms with van der Waals surface area (Å²) in [7, 11) is 0. The molecule has 72 valence electrons. The summed E-state index contributed by atoms with van der Waals surface area (Å²) in [6, 6.07) is 10.8. The van der Waals surface area contributed by atoms with Crippen molar-refractivity contribution in [3.8, 4) is 0 Å². The maximum absolute atomic E-state index is 10.7. The molecule has 0 saturated carbocycles. The smallest absolute Gasteiger partial charge is 0.768 e. The van der Waals surface area contributed by atoms with Crippen molar-refractivity contribution in [1.82, 2.24) is 0 Å². The van der Waals surface area contributed by atoms with Crippen molar-refractivity contribution >= 4 is 37.8 Å². The van der Waals surface area contributed by atoms with Gasteiger partial charge in [0.1, 0.15) is 0 Å². The fraction of sp³-hybridized carbons (Fsp3) is 0. The van der Waals surface area contributed by atoms with Gasteiger partial charge in [-0.05, 0) is 46.1 Å². The van der Waals surface area contributed by atoms with Gasteiger partial charge in [-0.3, -0.25) is 4.21 Å². The Kier molecular flexibility index (Phi) is 4.96. The van der Waals surface area contributed by atoms with E-state index in [1.165, 1.54) is 0 Å². The van der Waals surface area contributed by atoms with Gasteiger partial charge in [-0.15, -0.1) is 0 Å². The third-order valence-electron chi connectivity index (χ3n) is 1.97. The second-order valence-corrected chi connectivity index (χ2v) is 4.74. The van der Waals surface area contributed by atoms with E-state index in [-0.39, 0.29) is 29.6 Å². The first kappa shape index (κ1) is 13.4. The Morgan fingerprint density at radius 3 is 2.33 bits per heavy atom. The zero-order chi connectivity index (χ0) is 10.1. The molecule has 2 nitrogen and oxygen atoms in total. The van der Waals surface area contributed by atoms with E-state index in [4.69, 9.17) is 0 Å². The monoisotopic (exact) mass is 292 g/mol. The Hall–Kier alpha value is 0.290. The summed E-state index contributed by atoms with van der Waals surface area (Å²) in [5.41, 5.74) is 0. The first-order valence-corrected chi connectivity index (χ1v) is 5.82. The minimum Gasteiger partial charge on any atom is -0.768 e. The molecule has 1 atom stereocenters. The van der Waals surface area contributed by atoms with E-state index >= 15 is 0 Å². The van der Waals surface area contributed by atoms with E-state index in [1.807, 2.05) is 18.2 Å².